The summed E-state index contributed by atoms with van der Waals surface area (Å²) in [7, 11) is 0. The van der Waals surface area contributed by atoms with E-state index in [9.17, 15) is 29.4 Å². The van der Waals surface area contributed by atoms with Crippen LogP contribution >= 0.6 is 11.8 Å². The second kappa shape index (κ2) is 10.8. The Bertz CT molecular complexity index is 1440. The molecule has 0 radical (unpaired) electrons. The normalized spacial score (nSPS) is 22.0. The van der Waals surface area contributed by atoms with Crippen molar-refractivity contribution >= 4 is 46.6 Å². The predicted octanol–water partition coefficient (Wildman–Crippen LogP) is -4.10. The third-order valence-corrected chi connectivity index (χ3v) is 7.75. The standard InChI is InChI=1S/C23H21N7O6S.K/c1-23(2)15(22(35)36)30-20(34)14(21(30)37-23)28-17(31)12(10-6-4-3-5-7-10)27-18(32)13-19(33)29-16-11(26-13)8-24-9-25-16;/h3-9,12,14-15,21H,1-2H3,(H,27,32)(H,28,31)(H,35,36)(H,24,25,29,33);/q;+1/p-1/t12?,14?,15-,21+;/m0./s1. The van der Waals surface area contributed by atoms with Gasteiger partial charge in [-0.15, -0.1) is 11.8 Å². The van der Waals surface area contributed by atoms with Crippen molar-refractivity contribution in [3.63, 3.8) is 0 Å². The number of rotatable bonds is 6. The monoisotopic (exact) mass is 561 g/mol. The number of hydrogen-bond donors (Lipinski definition) is 3. The average molecular weight is 562 g/mol. The third-order valence-electron chi connectivity index (χ3n) is 6.18. The van der Waals surface area contributed by atoms with Crippen molar-refractivity contribution in [1.82, 2.24) is 35.5 Å². The maximum atomic E-state index is 13.4. The number of carboxylic acid groups (broad SMARTS) is 1. The molecule has 1 aromatic carbocycles. The second-order valence-corrected chi connectivity index (χ2v) is 10.8. The molecule has 38 heavy (non-hydrogen) atoms. The molecule has 2 aromatic heterocycles. The number of thioether (sulfide) groups is 1. The number of nitrogens with one attached hydrogen (secondary N) is 2. The molecule has 15 heteroatoms. The number of carbonyl (C=O) groups is 4. The number of hydrogen-bond acceptors (Lipinski definition) is 11. The maximum Gasteiger partial charge on any atom is 1.00 e. The smallest absolute Gasteiger partial charge is 0.548 e. The van der Waals surface area contributed by atoms with Crippen molar-refractivity contribution in [3.05, 3.63) is 54.1 Å². The minimum Gasteiger partial charge on any atom is -0.548 e. The Hall–Kier alpha value is -2.69. The first-order valence-corrected chi connectivity index (χ1v) is 12.0. The van der Waals surface area contributed by atoms with Gasteiger partial charge in [0.15, 0.2) is 11.3 Å². The number of carbonyl (C=O) groups excluding carboxylic acids is 4. The fourth-order valence-electron chi connectivity index (χ4n) is 4.47. The summed E-state index contributed by atoms with van der Waals surface area (Å²) in [6, 6.07) is 4.89. The second-order valence-electron chi connectivity index (χ2n) is 9.01. The first-order valence-electron chi connectivity index (χ1n) is 11.1. The number of aliphatic carboxylic acids is 1. The summed E-state index contributed by atoms with van der Waals surface area (Å²) >= 11 is 1.25. The summed E-state index contributed by atoms with van der Waals surface area (Å²) < 4.78 is -0.818. The van der Waals surface area contributed by atoms with Gasteiger partial charge in [-0.25, -0.2) is 15.0 Å². The van der Waals surface area contributed by atoms with Gasteiger partial charge in [0.1, 0.15) is 29.3 Å². The average Bonchev–Trinajstić information content (AvgIpc) is 3.13. The molecule has 3 N–H and O–H groups in total. The summed E-state index contributed by atoms with van der Waals surface area (Å²) in [6.07, 6.45) is 2.54. The molecule has 4 atom stereocenters. The molecular formula is C23H20KN7O6S. The minimum atomic E-state index is -1.37. The van der Waals surface area contributed by atoms with Crippen LogP contribution in [0.2, 0.25) is 0 Å². The SMILES string of the molecule is CC1(C)S[C@@H]2C(NC(=O)C(NC(=O)c3nc4cncnc4nc3O)c3ccccc3)C(=O)N2[C@H]1C(=O)[O-].[K+]. The van der Waals surface area contributed by atoms with Crippen molar-refractivity contribution in [2.24, 2.45) is 0 Å². The molecule has 5 rings (SSSR count). The van der Waals surface area contributed by atoms with Gasteiger partial charge in [0.25, 0.3) is 5.91 Å². The van der Waals surface area contributed by atoms with E-state index in [1.54, 1.807) is 44.2 Å². The topological polar surface area (TPSA) is 190 Å². The van der Waals surface area contributed by atoms with Crippen molar-refractivity contribution in [3.8, 4) is 5.88 Å². The fourth-order valence-corrected chi connectivity index (χ4v) is 6.09. The molecule has 190 valence electrons. The molecule has 0 saturated carbocycles. The summed E-state index contributed by atoms with van der Waals surface area (Å²) in [5.41, 5.74) is 0.211. The summed E-state index contributed by atoms with van der Waals surface area (Å²) in [4.78, 5) is 67.7. The van der Waals surface area contributed by atoms with Gasteiger partial charge in [-0.1, -0.05) is 30.3 Å². The third kappa shape index (κ3) is 5.01. The molecule has 2 fully saturated rings. The van der Waals surface area contributed by atoms with E-state index < -0.39 is 63.5 Å². The van der Waals surface area contributed by atoms with E-state index in [4.69, 9.17) is 0 Å². The fraction of sp³-hybridized carbons (Fsp3) is 0.304. The van der Waals surface area contributed by atoms with Crippen LogP contribution in [0.5, 0.6) is 5.88 Å². The first-order chi connectivity index (χ1) is 17.6. The van der Waals surface area contributed by atoms with Gasteiger partial charge in [-0.2, -0.15) is 4.98 Å². The van der Waals surface area contributed by atoms with Crippen molar-refractivity contribution in [2.75, 3.05) is 0 Å². The van der Waals surface area contributed by atoms with Crippen LogP contribution in [0.25, 0.3) is 11.2 Å². The van der Waals surface area contributed by atoms with Crippen LogP contribution in [0.15, 0.2) is 42.9 Å². The maximum absolute atomic E-state index is 13.4. The molecule has 4 heterocycles. The molecule has 0 bridgehead atoms. The number of amides is 3. The van der Waals surface area contributed by atoms with Gasteiger partial charge < -0.3 is 30.5 Å². The number of aromatic hydroxyl groups is 1. The Morgan fingerprint density at radius 2 is 1.89 bits per heavy atom. The number of nitrogens with zero attached hydrogens (tertiary/aromatic N) is 5. The summed E-state index contributed by atoms with van der Waals surface area (Å²) in [5, 5.41) is 26.5. The van der Waals surface area contributed by atoms with E-state index >= 15 is 0 Å². The van der Waals surface area contributed by atoms with Gasteiger partial charge in [0.2, 0.25) is 17.7 Å². The van der Waals surface area contributed by atoms with Crippen LogP contribution in [-0.4, -0.2) is 75.8 Å². The molecular weight excluding hydrogens is 541 g/mol. The largest absolute Gasteiger partial charge is 1.00 e. The zero-order valence-corrected chi connectivity index (χ0v) is 24.4. The van der Waals surface area contributed by atoms with E-state index in [0.29, 0.717) is 5.56 Å². The van der Waals surface area contributed by atoms with Crippen LogP contribution in [0.1, 0.15) is 35.9 Å². The molecule has 2 saturated heterocycles. The number of carboxylic acids is 1. The molecule has 3 amide bonds. The van der Waals surface area contributed by atoms with Crippen molar-refractivity contribution < 1.29 is 80.8 Å². The molecule has 13 nitrogen and oxygen atoms in total. The minimum absolute atomic E-state index is 0. The zero-order chi connectivity index (χ0) is 26.5. The Labute approximate surface area is 262 Å². The van der Waals surface area contributed by atoms with E-state index in [2.05, 4.69) is 30.6 Å². The summed E-state index contributed by atoms with van der Waals surface area (Å²) in [5.74, 6) is -4.20. The summed E-state index contributed by atoms with van der Waals surface area (Å²) in [6.45, 7) is 3.38. The van der Waals surface area contributed by atoms with E-state index in [1.807, 2.05) is 0 Å². The molecule has 2 unspecified atom stereocenters. The number of β-lactam (4-membered cyclic amide) rings is 1. The van der Waals surface area contributed by atoms with Crippen LogP contribution in [-0.2, 0) is 14.4 Å². The van der Waals surface area contributed by atoms with E-state index in [1.165, 1.54) is 29.2 Å². The number of aromatic nitrogens is 4. The Kier molecular flexibility index (Phi) is 8.06. The van der Waals surface area contributed by atoms with E-state index in [-0.39, 0.29) is 62.5 Å². The van der Waals surface area contributed by atoms with Gasteiger partial charge in [-0.3, -0.25) is 14.4 Å². The van der Waals surface area contributed by atoms with Gasteiger partial charge in [-0.05, 0) is 19.4 Å². The quantitative estimate of drug-likeness (QED) is 0.196. The van der Waals surface area contributed by atoms with Crippen molar-refractivity contribution in [2.45, 2.75) is 42.1 Å². The van der Waals surface area contributed by atoms with E-state index in [0.717, 1.165) is 0 Å². The Morgan fingerprint density at radius 3 is 2.58 bits per heavy atom. The zero-order valence-electron chi connectivity index (χ0n) is 20.5. The predicted molar refractivity (Wildman–Crippen MR) is 126 cm³/mol. The molecule has 2 aliphatic heterocycles. The van der Waals surface area contributed by atoms with Crippen molar-refractivity contribution in [1.29, 1.82) is 0 Å². The molecule has 0 spiro atoms. The van der Waals surface area contributed by atoms with Crippen LogP contribution in [0, 0.1) is 0 Å². The molecule has 2 aliphatic rings. The van der Waals surface area contributed by atoms with Crippen LogP contribution in [0.4, 0.5) is 0 Å². The van der Waals surface area contributed by atoms with Crippen LogP contribution < -0.4 is 67.1 Å². The van der Waals surface area contributed by atoms with Gasteiger partial charge in [0.05, 0.1) is 18.2 Å². The number of fused-ring (bicyclic) bond motifs is 2. The van der Waals surface area contributed by atoms with Crippen LogP contribution in [0.3, 0.4) is 0 Å². The van der Waals surface area contributed by atoms with Gasteiger partial charge in [0, 0.05) is 4.75 Å². The Morgan fingerprint density at radius 1 is 1.18 bits per heavy atom. The first kappa shape index (κ1) is 28.3. The number of benzene rings is 1. The Balaban J connectivity index is 0.00000336. The molecule has 0 aliphatic carbocycles. The van der Waals surface area contributed by atoms with Gasteiger partial charge >= 0.3 is 51.4 Å². The molecule has 3 aromatic rings.